The largest absolute Gasteiger partial charge is 0.480 e. The van der Waals surface area contributed by atoms with Crippen molar-refractivity contribution < 1.29 is 34.1 Å². The molecule has 0 bridgehead atoms. The van der Waals surface area contributed by atoms with Gasteiger partial charge in [0.15, 0.2) is 0 Å². The van der Waals surface area contributed by atoms with Crippen LogP contribution in [0.1, 0.15) is 50.7 Å². The van der Waals surface area contributed by atoms with E-state index in [0.29, 0.717) is 57.8 Å². The number of benzene rings is 1. The molecule has 11 heteroatoms. The van der Waals surface area contributed by atoms with Gasteiger partial charge in [-0.05, 0) is 32.3 Å². The van der Waals surface area contributed by atoms with Crippen molar-refractivity contribution in [2.75, 3.05) is 39.5 Å². The zero-order valence-electron chi connectivity index (χ0n) is 21.4. The van der Waals surface area contributed by atoms with Gasteiger partial charge in [-0.3, -0.25) is 15.1 Å². The zero-order chi connectivity index (χ0) is 26.6. The summed E-state index contributed by atoms with van der Waals surface area (Å²) in [6.07, 6.45) is 1.83. The molecule has 0 aliphatic carbocycles. The van der Waals surface area contributed by atoms with Crippen molar-refractivity contribution in [3.63, 3.8) is 0 Å². The van der Waals surface area contributed by atoms with Crippen LogP contribution in [0.3, 0.4) is 0 Å². The highest BCUT2D eigenvalue weighted by Crippen LogP contribution is 2.35. The average molecular weight is 517 g/mol. The minimum atomic E-state index is -1.04. The Morgan fingerprint density at radius 3 is 2.35 bits per heavy atom. The number of ether oxygens (including phenoxy) is 2. The minimum absolute atomic E-state index is 0.0426. The molecule has 0 radical (unpaired) electrons. The molecule has 0 spiro atoms. The number of aliphatic carboxylic acids is 2. The van der Waals surface area contributed by atoms with Crippen molar-refractivity contribution in [3.05, 3.63) is 35.4 Å². The highest BCUT2D eigenvalue weighted by Gasteiger charge is 2.41. The van der Waals surface area contributed by atoms with Crippen LogP contribution < -0.4 is 0 Å². The summed E-state index contributed by atoms with van der Waals surface area (Å²) in [6.45, 7) is 5.91. The molecule has 0 amide bonds. The van der Waals surface area contributed by atoms with Crippen LogP contribution in [0.4, 0.5) is 0 Å². The standard InChI is InChI=1S/C26H36N4O7/c1-17-14-35-15-18(2)30(17)25(27)20-5-3-19(4-6-20)22-11-21(37-28-22)12-26(36-16-24(33)34)7-9-29(10-8-26)13-23(31)32/h3-6,17-18,21,27H,7-16H2,1-2H3,(H,31,32)(H,33,34). The lowest BCUT2D eigenvalue weighted by molar-refractivity contribution is -0.159. The van der Waals surface area contributed by atoms with Crippen molar-refractivity contribution in [1.82, 2.24) is 9.80 Å². The van der Waals surface area contributed by atoms with Crippen LogP contribution >= 0.6 is 0 Å². The Balaban J connectivity index is 1.37. The number of hydrogen-bond donors (Lipinski definition) is 3. The number of nitrogens with zero attached hydrogens (tertiary/aromatic N) is 3. The minimum Gasteiger partial charge on any atom is -0.480 e. The predicted molar refractivity (Wildman–Crippen MR) is 135 cm³/mol. The van der Waals surface area contributed by atoms with Crippen LogP contribution in [0.2, 0.25) is 0 Å². The van der Waals surface area contributed by atoms with E-state index in [4.69, 9.17) is 29.9 Å². The van der Waals surface area contributed by atoms with Crippen LogP contribution in [0.25, 0.3) is 0 Å². The number of carboxylic acids is 2. The van der Waals surface area contributed by atoms with Crippen LogP contribution in [0.5, 0.6) is 0 Å². The maximum absolute atomic E-state index is 11.2. The maximum Gasteiger partial charge on any atom is 0.329 e. The van der Waals surface area contributed by atoms with Gasteiger partial charge >= 0.3 is 11.9 Å². The molecule has 3 N–H and O–H groups in total. The molecule has 1 aromatic carbocycles. The fourth-order valence-electron chi connectivity index (χ4n) is 5.47. The molecule has 3 unspecified atom stereocenters. The van der Waals surface area contributed by atoms with E-state index in [1.165, 1.54) is 0 Å². The number of amidine groups is 1. The lowest BCUT2D eigenvalue weighted by Gasteiger charge is -2.41. The number of oxime groups is 1. The molecule has 3 aliphatic rings. The van der Waals surface area contributed by atoms with Crippen LogP contribution in [0, 0.1) is 5.41 Å². The third kappa shape index (κ3) is 6.65. The van der Waals surface area contributed by atoms with E-state index < -0.39 is 24.1 Å². The lowest BCUT2D eigenvalue weighted by Crippen LogP contribution is -2.52. The van der Waals surface area contributed by atoms with Crippen molar-refractivity contribution in [2.45, 2.75) is 63.3 Å². The molecule has 1 aromatic rings. The number of rotatable bonds is 9. The van der Waals surface area contributed by atoms with E-state index in [9.17, 15) is 9.59 Å². The summed E-state index contributed by atoms with van der Waals surface area (Å²) in [4.78, 5) is 31.9. The molecule has 11 nitrogen and oxygen atoms in total. The maximum atomic E-state index is 11.2. The van der Waals surface area contributed by atoms with Crippen molar-refractivity contribution in [2.24, 2.45) is 5.16 Å². The van der Waals surface area contributed by atoms with E-state index in [1.807, 2.05) is 29.2 Å². The van der Waals surface area contributed by atoms with Gasteiger partial charge in [-0.25, -0.2) is 4.79 Å². The van der Waals surface area contributed by atoms with Gasteiger partial charge in [-0.1, -0.05) is 29.4 Å². The van der Waals surface area contributed by atoms with Gasteiger partial charge in [0.2, 0.25) is 0 Å². The molecule has 4 rings (SSSR count). The summed E-state index contributed by atoms with van der Waals surface area (Å²) in [5.41, 5.74) is 1.84. The third-order valence-corrected chi connectivity index (χ3v) is 7.38. The second-order valence-corrected chi connectivity index (χ2v) is 10.3. The van der Waals surface area contributed by atoms with Gasteiger partial charge in [-0.2, -0.15) is 0 Å². The summed E-state index contributed by atoms with van der Waals surface area (Å²) < 4.78 is 11.4. The summed E-state index contributed by atoms with van der Waals surface area (Å²) in [5, 5.41) is 31.2. The number of carbonyl (C=O) groups is 2. The van der Waals surface area contributed by atoms with Crippen LogP contribution in [-0.2, 0) is 23.9 Å². The monoisotopic (exact) mass is 516 g/mol. The normalized spacial score (nSPS) is 25.8. The van der Waals surface area contributed by atoms with Gasteiger partial charge in [0.05, 0.1) is 43.2 Å². The van der Waals surface area contributed by atoms with Crippen molar-refractivity contribution in [3.8, 4) is 0 Å². The zero-order valence-corrected chi connectivity index (χ0v) is 21.4. The quantitative estimate of drug-likeness (QED) is 0.331. The highest BCUT2D eigenvalue weighted by atomic mass is 16.6. The average Bonchev–Trinajstić information content (AvgIpc) is 3.32. The Morgan fingerprint density at radius 1 is 1.11 bits per heavy atom. The van der Waals surface area contributed by atoms with Gasteiger partial charge in [0.1, 0.15) is 18.5 Å². The molecule has 0 aromatic heterocycles. The lowest BCUT2D eigenvalue weighted by atomic mass is 9.84. The number of morpholine rings is 1. The Bertz CT molecular complexity index is 1010. The van der Waals surface area contributed by atoms with Gasteiger partial charge < -0.3 is 29.4 Å². The second-order valence-electron chi connectivity index (χ2n) is 10.3. The van der Waals surface area contributed by atoms with Crippen molar-refractivity contribution in [1.29, 1.82) is 5.41 Å². The predicted octanol–water partition coefficient (Wildman–Crippen LogP) is 2.02. The molecular weight excluding hydrogens is 480 g/mol. The Hall–Kier alpha value is -3.02. The first-order valence-corrected chi connectivity index (χ1v) is 12.7. The number of piperidine rings is 1. The van der Waals surface area contributed by atoms with Gasteiger partial charge in [0.25, 0.3) is 0 Å². The molecule has 202 valence electrons. The summed E-state index contributed by atoms with van der Waals surface area (Å²) in [5.74, 6) is -1.45. The fraction of sp³-hybridized carbons (Fsp3) is 0.615. The number of carboxylic acid groups (broad SMARTS) is 2. The third-order valence-electron chi connectivity index (χ3n) is 7.38. The molecule has 3 heterocycles. The first-order valence-electron chi connectivity index (χ1n) is 12.7. The first kappa shape index (κ1) is 27.0. The fourth-order valence-corrected chi connectivity index (χ4v) is 5.47. The van der Waals surface area contributed by atoms with Gasteiger partial charge in [-0.15, -0.1) is 0 Å². The van der Waals surface area contributed by atoms with E-state index >= 15 is 0 Å². The van der Waals surface area contributed by atoms with E-state index in [2.05, 4.69) is 23.9 Å². The molecule has 3 atom stereocenters. The molecule has 37 heavy (non-hydrogen) atoms. The van der Waals surface area contributed by atoms with E-state index in [1.54, 1.807) is 0 Å². The van der Waals surface area contributed by atoms with Crippen molar-refractivity contribution >= 4 is 23.5 Å². The number of hydrogen-bond acceptors (Lipinski definition) is 8. The van der Waals surface area contributed by atoms with Crippen LogP contribution in [-0.4, -0.2) is 107 Å². The Labute approximate surface area is 216 Å². The number of nitrogens with one attached hydrogen (secondary N) is 1. The van der Waals surface area contributed by atoms with E-state index in [-0.39, 0.29) is 24.7 Å². The summed E-state index contributed by atoms with van der Waals surface area (Å²) >= 11 is 0. The summed E-state index contributed by atoms with van der Waals surface area (Å²) in [6, 6.07) is 8.03. The molecular formula is C26H36N4O7. The molecule has 0 saturated carbocycles. The summed E-state index contributed by atoms with van der Waals surface area (Å²) in [7, 11) is 0. The van der Waals surface area contributed by atoms with Crippen LogP contribution in [0.15, 0.2) is 29.4 Å². The Kier molecular flexibility index (Phi) is 8.46. The molecule has 2 fully saturated rings. The van der Waals surface area contributed by atoms with E-state index in [0.717, 1.165) is 16.8 Å². The first-order chi connectivity index (χ1) is 17.7. The highest BCUT2D eigenvalue weighted by molar-refractivity contribution is 6.03. The van der Waals surface area contributed by atoms with Gasteiger partial charge in [0, 0.05) is 31.5 Å². The molecule has 2 saturated heterocycles. The second kappa shape index (κ2) is 11.6. The Morgan fingerprint density at radius 2 is 1.76 bits per heavy atom. The number of likely N-dealkylation sites (tertiary alicyclic amines) is 1. The molecule has 3 aliphatic heterocycles. The SMILES string of the molecule is CC1COCC(C)N1C(=N)c1ccc(C2=NOC(CC3(OCC(=O)O)CCN(CC(=O)O)CC3)C2)cc1. The topological polar surface area (TPSA) is 145 Å². The smallest absolute Gasteiger partial charge is 0.329 e.